The van der Waals surface area contributed by atoms with Crippen LogP contribution in [0, 0.1) is 0 Å². The summed E-state index contributed by atoms with van der Waals surface area (Å²) in [5.74, 6) is 0.0233. The van der Waals surface area contributed by atoms with Gasteiger partial charge in [-0.3, -0.25) is 4.79 Å². The molecule has 3 nitrogen and oxygen atoms in total. The molecule has 0 radical (unpaired) electrons. The van der Waals surface area contributed by atoms with Crippen molar-refractivity contribution in [3.05, 3.63) is 67.2 Å². The van der Waals surface area contributed by atoms with Gasteiger partial charge < -0.3 is 10.4 Å². The topological polar surface area (TPSA) is 49.3 Å². The zero-order chi connectivity index (χ0) is 16.6. The highest BCUT2D eigenvalue weighted by Crippen LogP contribution is 2.50. The molecule has 1 amide bonds. The first-order chi connectivity index (χ1) is 11.7. The number of thiophene rings is 3. The van der Waals surface area contributed by atoms with Crippen molar-refractivity contribution in [2.24, 2.45) is 0 Å². The maximum Gasteiger partial charge on any atom is 0.231 e. The molecule has 0 aliphatic heterocycles. The maximum atomic E-state index is 12.8. The fourth-order valence-electron chi connectivity index (χ4n) is 2.98. The number of amides is 1. The van der Waals surface area contributed by atoms with Gasteiger partial charge in [0.2, 0.25) is 5.91 Å². The van der Waals surface area contributed by atoms with E-state index in [0.29, 0.717) is 0 Å². The summed E-state index contributed by atoms with van der Waals surface area (Å²) in [5, 5.41) is 22.2. The molecule has 3 heterocycles. The third kappa shape index (κ3) is 2.63. The van der Waals surface area contributed by atoms with Gasteiger partial charge in [-0.2, -0.15) is 11.3 Å². The molecule has 0 saturated heterocycles. The van der Waals surface area contributed by atoms with E-state index >= 15 is 0 Å². The summed E-state index contributed by atoms with van der Waals surface area (Å²) >= 11 is 4.68. The minimum Gasteiger partial charge on any atom is -0.378 e. The normalized spacial score (nSPS) is 18.0. The first-order valence-electron chi connectivity index (χ1n) is 7.76. The number of carbonyl (C=O) groups is 1. The summed E-state index contributed by atoms with van der Waals surface area (Å²) in [7, 11) is 0. The van der Waals surface area contributed by atoms with Crippen molar-refractivity contribution in [3.8, 4) is 0 Å². The second kappa shape index (κ2) is 6.11. The van der Waals surface area contributed by atoms with Crippen molar-refractivity contribution in [2.45, 2.75) is 23.9 Å². The van der Waals surface area contributed by atoms with Gasteiger partial charge in [0.25, 0.3) is 0 Å². The monoisotopic (exact) mass is 375 g/mol. The highest BCUT2D eigenvalue weighted by molar-refractivity contribution is 7.10. The fourth-order valence-corrected chi connectivity index (χ4v) is 5.54. The van der Waals surface area contributed by atoms with E-state index < -0.39 is 5.60 Å². The Morgan fingerprint density at radius 2 is 1.96 bits per heavy atom. The molecule has 0 spiro atoms. The maximum absolute atomic E-state index is 12.8. The van der Waals surface area contributed by atoms with Crippen LogP contribution in [0.5, 0.6) is 0 Å². The molecule has 3 aromatic heterocycles. The molecule has 1 saturated carbocycles. The second-order valence-corrected chi connectivity index (χ2v) is 8.77. The van der Waals surface area contributed by atoms with Gasteiger partial charge in [0.1, 0.15) is 5.60 Å². The van der Waals surface area contributed by atoms with Gasteiger partial charge in [-0.25, -0.2) is 0 Å². The third-order valence-corrected chi connectivity index (χ3v) is 7.39. The van der Waals surface area contributed by atoms with E-state index in [1.807, 2.05) is 51.9 Å². The van der Waals surface area contributed by atoms with Crippen LogP contribution in [-0.4, -0.2) is 17.6 Å². The van der Waals surface area contributed by atoms with Crippen LogP contribution >= 0.6 is 34.0 Å². The molecular formula is C18H17NO2S3. The molecule has 1 unspecified atom stereocenters. The van der Waals surface area contributed by atoms with Crippen LogP contribution in [0.25, 0.3) is 0 Å². The highest BCUT2D eigenvalue weighted by Gasteiger charge is 2.52. The summed E-state index contributed by atoms with van der Waals surface area (Å²) < 4.78 is 0. The lowest BCUT2D eigenvalue weighted by Gasteiger charge is -2.28. The van der Waals surface area contributed by atoms with Crippen molar-refractivity contribution >= 4 is 39.9 Å². The molecule has 2 N–H and O–H groups in total. The molecule has 0 aromatic carbocycles. The van der Waals surface area contributed by atoms with E-state index in [4.69, 9.17) is 0 Å². The molecule has 1 aliphatic rings. The molecule has 1 fully saturated rings. The lowest BCUT2D eigenvalue weighted by molar-refractivity contribution is -0.124. The van der Waals surface area contributed by atoms with Gasteiger partial charge in [0, 0.05) is 15.3 Å². The van der Waals surface area contributed by atoms with Gasteiger partial charge in [0.15, 0.2) is 0 Å². The molecule has 4 rings (SSSR count). The molecule has 1 aliphatic carbocycles. The van der Waals surface area contributed by atoms with Crippen LogP contribution < -0.4 is 5.32 Å². The lowest BCUT2D eigenvalue weighted by atomic mass is 9.94. The van der Waals surface area contributed by atoms with Crippen molar-refractivity contribution in [1.29, 1.82) is 0 Å². The van der Waals surface area contributed by atoms with E-state index in [1.165, 1.54) is 11.3 Å². The van der Waals surface area contributed by atoms with Crippen molar-refractivity contribution in [2.75, 3.05) is 6.54 Å². The van der Waals surface area contributed by atoms with Crippen LogP contribution in [-0.2, 0) is 15.8 Å². The second-order valence-electron chi connectivity index (χ2n) is 6.09. The summed E-state index contributed by atoms with van der Waals surface area (Å²) in [6.45, 7) is 0.191. The van der Waals surface area contributed by atoms with Crippen LogP contribution in [0.1, 0.15) is 28.2 Å². The Kier molecular flexibility index (Phi) is 4.08. The Morgan fingerprint density at radius 3 is 2.54 bits per heavy atom. The molecular weight excluding hydrogens is 358 g/mol. The Balaban J connectivity index is 1.56. The Labute approximate surface area is 152 Å². The molecule has 124 valence electrons. The van der Waals surface area contributed by atoms with Crippen molar-refractivity contribution in [3.63, 3.8) is 0 Å². The fraction of sp³-hybridized carbons (Fsp3) is 0.278. The van der Waals surface area contributed by atoms with E-state index in [9.17, 15) is 9.90 Å². The average Bonchev–Trinajstić information content (AvgIpc) is 3.14. The quantitative estimate of drug-likeness (QED) is 0.685. The van der Waals surface area contributed by atoms with Gasteiger partial charge in [-0.05, 0) is 52.6 Å². The molecule has 3 aromatic rings. The standard InChI is InChI=1S/C18H17NO2S3/c20-16(17(6-7-17)14-3-1-8-23-14)19-12-18(21,13-5-10-22-11-13)15-4-2-9-24-15/h1-5,8-11,21H,6-7,12H2,(H,19,20). The molecule has 24 heavy (non-hydrogen) atoms. The average molecular weight is 376 g/mol. The number of hydrogen-bond acceptors (Lipinski definition) is 5. The van der Waals surface area contributed by atoms with E-state index in [-0.39, 0.29) is 17.9 Å². The van der Waals surface area contributed by atoms with Crippen molar-refractivity contribution in [1.82, 2.24) is 5.32 Å². The first-order valence-corrected chi connectivity index (χ1v) is 10.5. The van der Waals surface area contributed by atoms with Gasteiger partial charge in [-0.15, -0.1) is 22.7 Å². The number of rotatable bonds is 6. The third-order valence-electron chi connectivity index (χ3n) is 4.61. The van der Waals surface area contributed by atoms with Crippen LogP contribution in [0.4, 0.5) is 0 Å². The zero-order valence-corrected chi connectivity index (χ0v) is 15.3. The molecule has 6 heteroatoms. The number of nitrogens with one attached hydrogen (secondary N) is 1. The van der Waals surface area contributed by atoms with E-state index in [2.05, 4.69) is 5.32 Å². The van der Waals surface area contributed by atoms with E-state index in [0.717, 1.165) is 28.2 Å². The largest absolute Gasteiger partial charge is 0.378 e. The first kappa shape index (κ1) is 16.0. The van der Waals surface area contributed by atoms with Crippen LogP contribution in [0.3, 0.4) is 0 Å². The molecule has 0 bridgehead atoms. The van der Waals surface area contributed by atoms with E-state index in [1.54, 1.807) is 22.7 Å². The summed E-state index contributed by atoms with van der Waals surface area (Å²) in [4.78, 5) is 14.8. The summed E-state index contributed by atoms with van der Waals surface area (Å²) in [6, 6.07) is 9.78. The number of aliphatic hydroxyl groups is 1. The summed E-state index contributed by atoms with van der Waals surface area (Å²) in [5.41, 5.74) is -0.717. The number of hydrogen-bond donors (Lipinski definition) is 2. The SMILES string of the molecule is O=C(NCC(O)(c1ccsc1)c1cccs1)C1(c2cccs2)CC1. The minimum atomic E-state index is -1.17. The van der Waals surface area contributed by atoms with Crippen molar-refractivity contribution < 1.29 is 9.90 Å². The lowest BCUT2D eigenvalue weighted by Crippen LogP contribution is -2.44. The Hall–Kier alpha value is -1.47. The van der Waals surface area contributed by atoms with Crippen LogP contribution in [0.15, 0.2) is 51.9 Å². The smallest absolute Gasteiger partial charge is 0.231 e. The Morgan fingerprint density at radius 1 is 1.17 bits per heavy atom. The van der Waals surface area contributed by atoms with Gasteiger partial charge in [0.05, 0.1) is 12.0 Å². The van der Waals surface area contributed by atoms with Gasteiger partial charge in [-0.1, -0.05) is 12.1 Å². The predicted octanol–water partition coefficient (Wildman–Crippen LogP) is 3.96. The highest BCUT2D eigenvalue weighted by atomic mass is 32.1. The Bertz CT molecular complexity index is 768. The zero-order valence-electron chi connectivity index (χ0n) is 12.9. The predicted molar refractivity (Wildman–Crippen MR) is 99.9 cm³/mol. The summed E-state index contributed by atoms with van der Waals surface area (Å²) in [6.07, 6.45) is 1.77. The minimum absolute atomic E-state index is 0.0233. The number of carbonyl (C=O) groups excluding carboxylic acids is 1. The van der Waals surface area contributed by atoms with Gasteiger partial charge >= 0.3 is 0 Å². The molecule has 1 atom stereocenters. The van der Waals surface area contributed by atoms with Crippen LogP contribution in [0.2, 0.25) is 0 Å².